The minimum Gasteiger partial charge on any atom is -0.367 e. The van der Waals surface area contributed by atoms with Crippen molar-refractivity contribution in [1.82, 2.24) is 0 Å². The lowest BCUT2D eigenvalue weighted by atomic mass is 10.0. The Balaban J connectivity index is 1.75. The maximum absolute atomic E-state index is 5.59. The van der Waals surface area contributed by atoms with Gasteiger partial charge in [-0.15, -0.1) is 0 Å². The van der Waals surface area contributed by atoms with Gasteiger partial charge in [0.25, 0.3) is 0 Å². The molecule has 2 nitrogen and oxygen atoms in total. The summed E-state index contributed by atoms with van der Waals surface area (Å²) in [6.45, 7) is 2.88. The van der Waals surface area contributed by atoms with E-state index in [9.17, 15) is 0 Å². The van der Waals surface area contributed by atoms with Gasteiger partial charge < -0.3 is 10.6 Å². The van der Waals surface area contributed by atoms with Crippen molar-refractivity contribution in [2.75, 3.05) is 18.0 Å². The summed E-state index contributed by atoms with van der Waals surface area (Å²) in [6, 6.07) is 17.7. The van der Waals surface area contributed by atoms with E-state index in [2.05, 4.69) is 53.4 Å². The third kappa shape index (κ3) is 2.86. The van der Waals surface area contributed by atoms with Gasteiger partial charge in [0.15, 0.2) is 0 Å². The third-order valence-electron chi connectivity index (χ3n) is 4.04. The first-order valence-corrected chi connectivity index (χ1v) is 7.47. The third-order valence-corrected chi connectivity index (χ3v) is 4.04. The summed E-state index contributed by atoms with van der Waals surface area (Å²) in [7, 11) is 0. The molecule has 20 heavy (non-hydrogen) atoms. The number of aryl methyl sites for hydroxylation is 1. The lowest BCUT2D eigenvalue weighted by molar-refractivity contribution is 0.691. The van der Waals surface area contributed by atoms with Crippen molar-refractivity contribution in [2.45, 2.75) is 25.8 Å². The van der Waals surface area contributed by atoms with Crippen molar-refractivity contribution < 1.29 is 0 Å². The van der Waals surface area contributed by atoms with Gasteiger partial charge >= 0.3 is 0 Å². The molecule has 0 saturated carbocycles. The highest BCUT2D eigenvalue weighted by atomic mass is 15.1. The second kappa shape index (κ2) is 6.10. The fourth-order valence-corrected chi connectivity index (χ4v) is 2.97. The minimum atomic E-state index is 0.721. The molecule has 2 aromatic carbocycles. The van der Waals surface area contributed by atoms with Gasteiger partial charge in [-0.1, -0.05) is 42.5 Å². The zero-order valence-electron chi connectivity index (χ0n) is 11.9. The number of benzene rings is 2. The SMILES string of the molecule is NCCc1ccc(CN2CCCc3ccccc32)cc1. The molecule has 0 aromatic heterocycles. The Hall–Kier alpha value is -1.80. The smallest absolute Gasteiger partial charge is 0.0429 e. The lowest BCUT2D eigenvalue weighted by Gasteiger charge is -2.31. The maximum Gasteiger partial charge on any atom is 0.0429 e. The summed E-state index contributed by atoms with van der Waals surface area (Å²) < 4.78 is 0. The average molecular weight is 266 g/mol. The number of hydrogen-bond acceptors (Lipinski definition) is 2. The fraction of sp³-hybridized carbons (Fsp3) is 0.333. The van der Waals surface area contributed by atoms with E-state index in [-0.39, 0.29) is 0 Å². The summed E-state index contributed by atoms with van der Waals surface area (Å²) in [5.74, 6) is 0. The molecule has 0 amide bonds. The summed E-state index contributed by atoms with van der Waals surface area (Å²) in [6.07, 6.45) is 3.43. The first kappa shape index (κ1) is 13.2. The molecule has 0 atom stereocenters. The molecule has 0 bridgehead atoms. The Morgan fingerprint density at radius 2 is 1.70 bits per heavy atom. The zero-order chi connectivity index (χ0) is 13.8. The van der Waals surface area contributed by atoms with Gasteiger partial charge in [-0.25, -0.2) is 0 Å². The molecular formula is C18H22N2. The van der Waals surface area contributed by atoms with E-state index in [1.165, 1.54) is 35.2 Å². The Morgan fingerprint density at radius 3 is 2.50 bits per heavy atom. The van der Waals surface area contributed by atoms with Gasteiger partial charge in [-0.2, -0.15) is 0 Å². The van der Waals surface area contributed by atoms with Crippen LogP contribution in [0.15, 0.2) is 48.5 Å². The van der Waals surface area contributed by atoms with E-state index in [1.54, 1.807) is 0 Å². The van der Waals surface area contributed by atoms with Crippen LogP contribution in [0.5, 0.6) is 0 Å². The first-order chi connectivity index (χ1) is 9.86. The highest BCUT2D eigenvalue weighted by molar-refractivity contribution is 5.55. The predicted octanol–water partition coefficient (Wildman–Crippen LogP) is 3.14. The van der Waals surface area contributed by atoms with Crippen LogP contribution in [0.2, 0.25) is 0 Å². The Morgan fingerprint density at radius 1 is 0.950 bits per heavy atom. The minimum absolute atomic E-state index is 0.721. The van der Waals surface area contributed by atoms with Crippen LogP contribution in [0.4, 0.5) is 5.69 Å². The van der Waals surface area contributed by atoms with Gasteiger partial charge in [0.05, 0.1) is 0 Å². The van der Waals surface area contributed by atoms with Gasteiger partial charge in [-0.3, -0.25) is 0 Å². The van der Waals surface area contributed by atoms with Gasteiger partial charge in [-0.05, 0) is 48.6 Å². The van der Waals surface area contributed by atoms with E-state index >= 15 is 0 Å². The zero-order valence-corrected chi connectivity index (χ0v) is 11.9. The number of nitrogens with two attached hydrogens (primary N) is 1. The molecule has 1 aliphatic heterocycles. The predicted molar refractivity (Wildman–Crippen MR) is 85.0 cm³/mol. The van der Waals surface area contributed by atoms with Crippen molar-refractivity contribution >= 4 is 5.69 Å². The quantitative estimate of drug-likeness (QED) is 0.921. The Kier molecular flexibility index (Phi) is 4.03. The second-order valence-electron chi connectivity index (χ2n) is 5.51. The van der Waals surface area contributed by atoms with Crippen molar-refractivity contribution in [2.24, 2.45) is 5.73 Å². The van der Waals surface area contributed by atoms with Crippen LogP contribution in [0.1, 0.15) is 23.1 Å². The second-order valence-corrected chi connectivity index (χ2v) is 5.51. The van der Waals surface area contributed by atoms with Crippen LogP contribution >= 0.6 is 0 Å². The molecule has 0 fully saturated rings. The summed E-state index contributed by atoms with van der Waals surface area (Å²) >= 11 is 0. The van der Waals surface area contributed by atoms with Crippen LogP contribution in [0.3, 0.4) is 0 Å². The number of anilines is 1. The van der Waals surface area contributed by atoms with E-state index < -0.39 is 0 Å². The summed E-state index contributed by atoms with van der Waals surface area (Å²) in [5.41, 5.74) is 11.2. The van der Waals surface area contributed by atoms with E-state index in [0.717, 1.165) is 26.1 Å². The molecule has 104 valence electrons. The molecule has 2 heteroatoms. The Bertz CT molecular complexity index is 560. The lowest BCUT2D eigenvalue weighted by Crippen LogP contribution is -2.28. The monoisotopic (exact) mass is 266 g/mol. The van der Waals surface area contributed by atoms with Gasteiger partial charge in [0, 0.05) is 18.8 Å². The van der Waals surface area contributed by atoms with Crippen LogP contribution < -0.4 is 10.6 Å². The van der Waals surface area contributed by atoms with Crippen molar-refractivity contribution in [3.63, 3.8) is 0 Å². The average Bonchev–Trinajstić information content (AvgIpc) is 2.50. The molecular weight excluding hydrogens is 244 g/mol. The van der Waals surface area contributed by atoms with E-state index in [0.29, 0.717) is 0 Å². The summed E-state index contributed by atoms with van der Waals surface area (Å²) in [4.78, 5) is 2.50. The molecule has 0 radical (unpaired) electrons. The highest BCUT2D eigenvalue weighted by Crippen LogP contribution is 2.28. The van der Waals surface area contributed by atoms with Crippen LogP contribution in [-0.2, 0) is 19.4 Å². The standard InChI is InChI=1S/C18H22N2/c19-12-11-15-7-9-16(10-8-15)14-20-13-3-5-17-4-1-2-6-18(17)20/h1-2,4,6-10H,3,5,11-14,19H2. The number of nitrogens with zero attached hydrogens (tertiary/aromatic N) is 1. The molecule has 1 aliphatic rings. The van der Waals surface area contributed by atoms with Gasteiger partial charge in [0.1, 0.15) is 0 Å². The highest BCUT2D eigenvalue weighted by Gasteiger charge is 2.15. The largest absolute Gasteiger partial charge is 0.367 e. The van der Waals surface area contributed by atoms with E-state index in [4.69, 9.17) is 5.73 Å². The first-order valence-electron chi connectivity index (χ1n) is 7.47. The normalized spacial score (nSPS) is 14.2. The van der Waals surface area contributed by atoms with E-state index in [1.807, 2.05) is 0 Å². The topological polar surface area (TPSA) is 29.3 Å². The summed E-state index contributed by atoms with van der Waals surface area (Å²) in [5, 5.41) is 0. The molecule has 2 aromatic rings. The molecule has 1 heterocycles. The van der Waals surface area contributed by atoms with Gasteiger partial charge in [0.2, 0.25) is 0 Å². The van der Waals surface area contributed by atoms with Crippen molar-refractivity contribution in [1.29, 1.82) is 0 Å². The Labute approximate surface area is 121 Å². The van der Waals surface area contributed by atoms with Crippen molar-refractivity contribution in [3.05, 3.63) is 65.2 Å². The van der Waals surface area contributed by atoms with Crippen LogP contribution in [0.25, 0.3) is 0 Å². The molecule has 0 unspecified atom stereocenters. The number of fused-ring (bicyclic) bond motifs is 1. The molecule has 0 saturated heterocycles. The number of hydrogen-bond donors (Lipinski definition) is 1. The fourth-order valence-electron chi connectivity index (χ4n) is 2.97. The van der Waals surface area contributed by atoms with Crippen molar-refractivity contribution in [3.8, 4) is 0 Å². The molecule has 2 N–H and O–H groups in total. The molecule has 0 aliphatic carbocycles. The maximum atomic E-state index is 5.59. The molecule has 0 spiro atoms. The van der Waals surface area contributed by atoms with Crippen LogP contribution in [0, 0.1) is 0 Å². The number of rotatable bonds is 4. The van der Waals surface area contributed by atoms with Crippen LogP contribution in [-0.4, -0.2) is 13.1 Å². The molecule has 3 rings (SSSR count). The number of para-hydroxylation sites is 1.